The van der Waals surface area contributed by atoms with Gasteiger partial charge in [0, 0.05) is 29.8 Å². The zero-order valence-electron chi connectivity index (χ0n) is 16.2. The Morgan fingerprint density at radius 1 is 1.03 bits per heavy atom. The highest BCUT2D eigenvalue weighted by Crippen LogP contribution is 2.25. The number of carbonyl (C=O) groups excluding carboxylic acids is 1. The molecule has 9 heteroatoms. The maximum atomic E-state index is 12.6. The summed E-state index contributed by atoms with van der Waals surface area (Å²) in [6, 6.07) is 14.2. The molecule has 0 saturated heterocycles. The molecule has 4 aromatic rings. The lowest BCUT2D eigenvalue weighted by molar-refractivity contribution is 0.102. The van der Waals surface area contributed by atoms with Gasteiger partial charge in [-0.3, -0.25) is 4.79 Å². The first-order chi connectivity index (χ1) is 14.3. The van der Waals surface area contributed by atoms with Crippen LogP contribution in [0, 0.1) is 0 Å². The van der Waals surface area contributed by atoms with Crippen molar-refractivity contribution in [1.82, 2.24) is 14.5 Å². The van der Waals surface area contributed by atoms with Gasteiger partial charge in [-0.2, -0.15) is 0 Å². The largest absolute Gasteiger partial charge is 0.516 e. The Morgan fingerprint density at radius 2 is 1.80 bits per heavy atom. The van der Waals surface area contributed by atoms with Gasteiger partial charge in [0.05, 0.1) is 18.2 Å². The summed E-state index contributed by atoms with van der Waals surface area (Å²) in [7, 11) is 18.2. The molecule has 30 heavy (non-hydrogen) atoms. The number of hydrogen-bond donors (Lipinski definition) is 1. The highest BCUT2D eigenvalue weighted by atomic mass is 16.5. The summed E-state index contributed by atoms with van der Waals surface area (Å²) in [5, 5.41) is 2.94. The van der Waals surface area contributed by atoms with Crippen molar-refractivity contribution in [3.05, 3.63) is 72.8 Å². The number of carbonyl (C=O) groups is 1. The summed E-state index contributed by atoms with van der Waals surface area (Å²) in [5.41, 5.74) is 2.44. The van der Waals surface area contributed by atoms with Crippen molar-refractivity contribution in [1.29, 1.82) is 0 Å². The average Bonchev–Trinajstić information content (AvgIpc) is 3.12. The number of fused-ring (bicyclic) bond motifs is 1. The first kappa shape index (κ1) is 19.8. The molecule has 6 radical (unpaired) electrons. The maximum absolute atomic E-state index is 12.6. The zero-order chi connectivity index (χ0) is 21.3. The van der Waals surface area contributed by atoms with Crippen LogP contribution in [0.5, 0.6) is 5.75 Å². The number of aryl methyl sites for hydroxylation is 1. The smallest absolute Gasteiger partial charge is 0.256 e. The van der Waals surface area contributed by atoms with E-state index in [2.05, 4.69) is 15.3 Å². The van der Waals surface area contributed by atoms with Crippen molar-refractivity contribution >= 4 is 46.0 Å². The highest BCUT2D eigenvalue weighted by molar-refractivity contribution is 6.58. The summed E-state index contributed by atoms with van der Waals surface area (Å²) < 4.78 is 7.08. The fourth-order valence-electron chi connectivity index (χ4n) is 3.07. The van der Waals surface area contributed by atoms with E-state index in [-0.39, 0.29) is 5.91 Å². The number of ether oxygens (including phenoxy) is 1. The van der Waals surface area contributed by atoms with Crippen LogP contribution in [0.1, 0.15) is 10.4 Å². The summed E-state index contributed by atoms with van der Waals surface area (Å²) in [6.45, 7) is 0. The number of hydrogen-bond acceptors (Lipinski definition) is 4. The van der Waals surface area contributed by atoms with Crippen LogP contribution in [0.15, 0.2) is 67.3 Å². The molecule has 140 valence electrons. The highest BCUT2D eigenvalue weighted by Gasteiger charge is 2.12. The third-order valence-electron chi connectivity index (χ3n) is 4.49. The topological polar surface area (TPSA) is 69.0 Å². The molecule has 2 aromatic carbocycles. The minimum absolute atomic E-state index is 0.310. The Labute approximate surface area is 177 Å². The predicted octanol–water partition coefficient (Wildman–Crippen LogP) is 2.38. The van der Waals surface area contributed by atoms with Crippen LogP contribution in [0.3, 0.4) is 0 Å². The fourth-order valence-corrected chi connectivity index (χ4v) is 3.07. The third kappa shape index (κ3) is 4.40. The third-order valence-corrected chi connectivity index (χ3v) is 4.49. The number of nitrogens with one attached hydrogen (secondary N) is 1. The molecule has 0 bridgehead atoms. The van der Waals surface area contributed by atoms with Crippen molar-refractivity contribution in [2.24, 2.45) is 7.05 Å². The van der Waals surface area contributed by atoms with Crippen LogP contribution in [-0.2, 0) is 7.05 Å². The van der Waals surface area contributed by atoms with Gasteiger partial charge in [-0.05, 0) is 47.1 Å². The first-order valence-electron chi connectivity index (χ1n) is 9.12. The monoisotopic (exact) mass is 388 g/mol. The standard InChI is InChI=1S/C21H15B3N4O2/c1-28-12-25-11-18(28)14-2-3-15-10-26-19(9-16(15)8-14)27-20(29)13-4-6-17(7-5-13)30-21(22,23)24/h2-12H,1H3,(H,26,27,29). The Hall–Kier alpha value is -3.48. The molecule has 0 atom stereocenters. The number of nitrogens with zero attached hydrogens (tertiary/aromatic N) is 3. The second-order valence-electron chi connectivity index (χ2n) is 6.96. The second-order valence-corrected chi connectivity index (χ2v) is 6.96. The zero-order valence-corrected chi connectivity index (χ0v) is 16.2. The molecule has 0 aliphatic rings. The Morgan fingerprint density at radius 3 is 2.47 bits per heavy atom. The van der Waals surface area contributed by atoms with Gasteiger partial charge in [-0.25, -0.2) is 9.97 Å². The van der Waals surface area contributed by atoms with Crippen molar-refractivity contribution in [3.8, 4) is 17.0 Å². The molecule has 1 amide bonds. The summed E-state index contributed by atoms with van der Waals surface area (Å²) in [6.07, 6.45) is 5.28. The minimum Gasteiger partial charge on any atom is -0.516 e. The van der Waals surface area contributed by atoms with Crippen molar-refractivity contribution in [3.63, 3.8) is 0 Å². The summed E-state index contributed by atoms with van der Waals surface area (Å²) in [5.74, 6) is 0.487. The molecule has 2 aromatic heterocycles. The van der Waals surface area contributed by atoms with Gasteiger partial charge < -0.3 is 14.6 Å². The molecule has 0 unspecified atom stereocenters. The number of benzene rings is 2. The molecule has 0 aliphatic carbocycles. The minimum atomic E-state index is -1.78. The van der Waals surface area contributed by atoms with Gasteiger partial charge in [-0.15, -0.1) is 0 Å². The molecular weight excluding hydrogens is 373 g/mol. The number of aromatic nitrogens is 3. The van der Waals surface area contributed by atoms with Crippen LogP contribution in [0.2, 0.25) is 0 Å². The van der Waals surface area contributed by atoms with E-state index < -0.39 is 5.30 Å². The average molecular weight is 388 g/mol. The Bertz CT molecular complexity index is 1220. The molecule has 6 nitrogen and oxygen atoms in total. The van der Waals surface area contributed by atoms with Gasteiger partial charge >= 0.3 is 0 Å². The van der Waals surface area contributed by atoms with E-state index in [1.807, 2.05) is 42.1 Å². The van der Waals surface area contributed by atoms with Crippen molar-refractivity contribution in [2.75, 3.05) is 5.32 Å². The van der Waals surface area contributed by atoms with Crippen LogP contribution in [0.25, 0.3) is 22.0 Å². The maximum Gasteiger partial charge on any atom is 0.256 e. The molecule has 0 saturated carbocycles. The summed E-state index contributed by atoms with van der Waals surface area (Å²) in [4.78, 5) is 21.1. The molecule has 0 fully saturated rings. The predicted molar refractivity (Wildman–Crippen MR) is 119 cm³/mol. The lowest BCUT2D eigenvalue weighted by Crippen LogP contribution is -2.37. The number of anilines is 1. The quantitative estimate of drug-likeness (QED) is 0.534. The van der Waals surface area contributed by atoms with Crippen molar-refractivity contribution in [2.45, 2.75) is 5.30 Å². The van der Waals surface area contributed by atoms with E-state index in [0.29, 0.717) is 17.1 Å². The van der Waals surface area contributed by atoms with E-state index >= 15 is 0 Å². The molecule has 0 aliphatic heterocycles. The van der Waals surface area contributed by atoms with Gasteiger partial charge in [0.15, 0.2) is 0 Å². The van der Waals surface area contributed by atoms with E-state index in [0.717, 1.165) is 22.0 Å². The normalized spacial score (nSPS) is 11.4. The lowest BCUT2D eigenvalue weighted by atomic mass is 9.52. The van der Waals surface area contributed by atoms with Gasteiger partial charge in [0.2, 0.25) is 0 Å². The van der Waals surface area contributed by atoms with Gasteiger partial charge in [0.1, 0.15) is 35.1 Å². The Balaban J connectivity index is 1.54. The van der Waals surface area contributed by atoms with Crippen molar-refractivity contribution < 1.29 is 9.53 Å². The van der Waals surface area contributed by atoms with Crippen LogP contribution in [-0.4, -0.2) is 49.3 Å². The Kier molecular flexibility index (Phi) is 5.12. The van der Waals surface area contributed by atoms with E-state index in [4.69, 9.17) is 28.3 Å². The number of rotatable bonds is 5. The molecular formula is C21H15B3N4O2. The van der Waals surface area contributed by atoms with Gasteiger partial charge in [0.25, 0.3) is 5.91 Å². The summed E-state index contributed by atoms with van der Waals surface area (Å²) >= 11 is 0. The van der Waals surface area contributed by atoms with Crippen LogP contribution >= 0.6 is 0 Å². The second kappa shape index (κ2) is 7.74. The van der Waals surface area contributed by atoms with E-state index in [1.165, 1.54) is 0 Å². The number of pyridine rings is 1. The lowest BCUT2D eigenvalue weighted by Gasteiger charge is -2.23. The fraction of sp³-hybridized carbons (Fsp3) is 0.0952. The number of amides is 1. The molecule has 0 spiro atoms. The molecule has 4 rings (SSSR count). The van der Waals surface area contributed by atoms with E-state index in [9.17, 15) is 4.79 Å². The van der Waals surface area contributed by atoms with Crippen LogP contribution < -0.4 is 10.1 Å². The van der Waals surface area contributed by atoms with E-state index in [1.54, 1.807) is 36.8 Å². The van der Waals surface area contributed by atoms with Crippen LogP contribution in [0.4, 0.5) is 5.82 Å². The first-order valence-corrected chi connectivity index (χ1v) is 9.12. The molecule has 2 heterocycles. The SMILES string of the molecule is [B]C([B])([B])Oc1ccc(C(=O)Nc2cc3cc(-c4cncn4C)ccc3cn2)cc1. The van der Waals surface area contributed by atoms with Gasteiger partial charge in [-0.1, -0.05) is 12.1 Å². The molecule has 1 N–H and O–H groups in total. The number of imidazole rings is 1.